The van der Waals surface area contributed by atoms with Crippen molar-refractivity contribution in [3.05, 3.63) is 22.2 Å². The summed E-state index contributed by atoms with van der Waals surface area (Å²) < 4.78 is 9.88. The Morgan fingerprint density at radius 2 is 1.88 bits per heavy atom. The van der Waals surface area contributed by atoms with Crippen molar-refractivity contribution >= 4 is 40.4 Å². The Hall–Kier alpha value is -2.73. The number of carbonyl (C=O) groups excluding carboxylic acids is 2. The van der Waals surface area contributed by atoms with Gasteiger partial charge in [-0.1, -0.05) is 12.8 Å². The molecule has 2 heterocycles. The van der Waals surface area contributed by atoms with E-state index >= 15 is 0 Å². The van der Waals surface area contributed by atoms with Crippen LogP contribution in [-0.2, 0) is 14.3 Å². The number of nitrogens with one attached hydrogen (secondary N) is 1. The van der Waals surface area contributed by atoms with Gasteiger partial charge in [-0.2, -0.15) is 0 Å². The van der Waals surface area contributed by atoms with Crippen molar-refractivity contribution in [1.29, 1.82) is 0 Å². The van der Waals surface area contributed by atoms with Crippen LogP contribution in [0.5, 0.6) is 0 Å². The van der Waals surface area contributed by atoms with E-state index in [2.05, 4.69) is 25.2 Å². The minimum Gasteiger partial charge on any atom is -0.466 e. The first-order valence-electron chi connectivity index (χ1n) is 11.7. The van der Waals surface area contributed by atoms with Crippen molar-refractivity contribution in [1.82, 2.24) is 20.5 Å². The Bertz CT molecular complexity index is 962. The van der Waals surface area contributed by atoms with E-state index in [1.807, 2.05) is 0 Å². The molecule has 1 fully saturated rings. The van der Waals surface area contributed by atoms with Crippen LogP contribution in [0.1, 0.15) is 51.4 Å². The fourth-order valence-corrected chi connectivity index (χ4v) is 4.76. The number of hydrogen-bond donors (Lipinski definition) is 1. The molecule has 1 aliphatic rings. The number of hydrogen-bond acceptors (Lipinski definition) is 10. The van der Waals surface area contributed by atoms with Crippen LogP contribution >= 0.6 is 11.8 Å². The van der Waals surface area contributed by atoms with Gasteiger partial charge >= 0.3 is 11.7 Å². The summed E-state index contributed by atoms with van der Waals surface area (Å²) in [5.74, 6) is 0.376. The molecule has 0 atom stereocenters. The maximum Gasteiger partial charge on any atom is 0.306 e. The average Bonchev–Trinajstić information content (AvgIpc) is 3.51. The predicted molar refractivity (Wildman–Crippen MR) is 127 cm³/mol. The van der Waals surface area contributed by atoms with Gasteiger partial charge in [0.15, 0.2) is 5.52 Å². The molecule has 34 heavy (non-hydrogen) atoms. The fraction of sp³-hybridized carbons (Fsp3) is 0.636. The van der Waals surface area contributed by atoms with Crippen molar-refractivity contribution < 1.29 is 23.9 Å². The molecule has 0 aliphatic carbocycles. The molecule has 2 aromatic rings. The van der Waals surface area contributed by atoms with Gasteiger partial charge in [0.2, 0.25) is 11.4 Å². The number of benzene rings is 1. The second-order valence-electron chi connectivity index (χ2n) is 8.18. The van der Waals surface area contributed by atoms with Gasteiger partial charge in [0.05, 0.1) is 18.0 Å². The topological polar surface area (TPSA) is 141 Å². The number of rotatable bonds is 15. The van der Waals surface area contributed by atoms with Gasteiger partial charge in [0.25, 0.3) is 0 Å². The number of amides is 1. The number of ether oxygens (including phenoxy) is 1. The molecule has 186 valence electrons. The Labute approximate surface area is 202 Å². The molecular formula is C22H31N5O6S. The summed E-state index contributed by atoms with van der Waals surface area (Å²) in [6.45, 7) is 4.05. The van der Waals surface area contributed by atoms with Gasteiger partial charge in [-0.25, -0.2) is 4.63 Å². The van der Waals surface area contributed by atoms with Crippen molar-refractivity contribution in [3.8, 4) is 0 Å². The summed E-state index contributed by atoms with van der Waals surface area (Å²) in [7, 11) is 0. The summed E-state index contributed by atoms with van der Waals surface area (Å²) in [6.07, 6.45) is 6.33. The number of aromatic nitrogens is 2. The monoisotopic (exact) mass is 493 g/mol. The maximum absolute atomic E-state index is 11.8. The molecule has 3 rings (SSSR count). The van der Waals surface area contributed by atoms with Crippen LogP contribution in [0.15, 0.2) is 21.7 Å². The molecule has 1 N–H and O–H groups in total. The number of nitro groups is 1. The third-order valence-corrected chi connectivity index (χ3v) is 6.75. The number of likely N-dealkylation sites (tertiary alicyclic amines) is 1. The molecule has 1 saturated heterocycles. The molecule has 1 aliphatic heterocycles. The molecule has 1 aromatic heterocycles. The van der Waals surface area contributed by atoms with Gasteiger partial charge < -0.3 is 15.0 Å². The number of nitrogens with zero attached hydrogens (tertiary/aromatic N) is 4. The second kappa shape index (κ2) is 13.9. The fourth-order valence-electron chi connectivity index (χ4n) is 3.76. The van der Waals surface area contributed by atoms with E-state index in [-0.39, 0.29) is 35.9 Å². The van der Waals surface area contributed by atoms with E-state index in [0.29, 0.717) is 18.7 Å². The van der Waals surface area contributed by atoms with Gasteiger partial charge in [-0.05, 0) is 60.9 Å². The van der Waals surface area contributed by atoms with Crippen molar-refractivity contribution in [2.24, 2.45) is 0 Å². The van der Waals surface area contributed by atoms with E-state index in [1.54, 1.807) is 17.8 Å². The van der Waals surface area contributed by atoms with E-state index in [9.17, 15) is 19.7 Å². The molecule has 0 saturated carbocycles. The molecule has 12 heteroatoms. The van der Waals surface area contributed by atoms with Gasteiger partial charge in [-0.15, -0.1) is 11.8 Å². The summed E-state index contributed by atoms with van der Waals surface area (Å²) >= 11 is 1.55. The normalized spacial score (nSPS) is 13.9. The van der Waals surface area contributed by atoms with Crippen molar-refractivity contribution in [2.75, 3.05) is 38.5 Å². The zero-order valence-corrected chi connectivity index (χ0v) is 20.0. The van der Waals surface area contributed by atoms with Crippen LogP contribution in [0.2, 0.25) is 0 Å². The van der Waals surface area contributed by atoms with E-state index < -0.39 is 4.92 Å². The molecule has 0 radical (unpaired) electrons. The number of esters is 1. The molecule has 11 nitrogen and oxygen atoms in total. The number of thioether (sulfide) groups is 1. The lowest BCUT2D eigenvalue weighted by molar-refractivity contribution is -0.383. The second-order valence-corrected chi connectivity index (χ2v) is 9.32. The first kappa shape index (κ1) is 25.9. The van der Waals surface area contributed by atoms with Gasteiger partial charge in [0.1, 0.15) is 0 Å². The standard InChI is InChI=1S/C22H31N5O6S/c28-19(23-11-14-26-12-3-4-13-26)9-10-20(29)32-15-5-1-2-6-16-34-18-8-7-17(27(30)31)21-22(18)25-33-24-21/h7-8H,1-6,9-16H2,(H,23,28). The Morgan fingerprint density at radius 1 is 1.12 bits per heavy atom. The van der Waals surface area contributed by atoms with E-state index in [0.717, 1.165) is 56.0 Å². The Balaban J connectivity index is 1.18. The summed E-state index contributed by atoms with van der Waals surface area (Å²) in [6, 6.07) is 3.09. The highest BCUT2D eigenvalue weighted by atomic mass is 32.2. The third-order valence-electron chi connectivity index (χ3n) is 5.62. The molecule has 0 bridgehead atoms. The van der Waals surface area contributed by atoms with Gasteiger partial charge in [-0.3, -0.25) is 19.7 Å². The van der Waals surface area contributed by atoms with Crippen LogP contribution in [0.3, 0.4) is 0 Å². The summed E-state index contributed by atoms with van der Waals surface area (Å²) in [5, 5.41) is 21.3. The van der Waals surface area contributed by atoms with Crippen LogP contribution in [0.4, 0.5) is 5.69 Å². The predicted octanol–water partition coefficient (Wildman–Crippen LogP) is 3.32. The van der Waals surface area contributed by atoms with Crippen LogP contribution in [0, 0.1) is 10.1 Å². The van der Waals surface area contributed by atoms with E-state index in [1.165, 1.54) is 18.9 Å². The lowest BCUT2D eigenvalue weighted by atomic mass is 10.2. The maximum atomic E-state index is 11.8. The Morgan fingerprint density at radius 3 is 2.68 bits per heavy atom. The summed E-state index contributed by atoms with van der Waals surface area (Å²) in [5.41, 5.74) is 0.455. The summed E-state index contributed by atoms with van der Waals surface area (Å²) in [4.78, 5) is 37.3. The first-order valence-corrected chi connectivity index (χ1v) is 12.7. The van der Waals surface area contributed by atoms with Crippen molar-refractivity contribution in [2.45, 2.75) is 56.3 Å². The molecule has 0 spiro atoms. The van der Waals surface area contributed by atoms with Crippen LogP contribution in [0.25, 0.3) is 11.0 Å². The SMILES string of the molecule is O=C(CCC(=O)OCCCCCCSc1ccc([N+](=O)[O-])c2nonc12)NCCN1CCCC1. The van der Waals surface area contributed by atoms with Crippen LogP contribution in [-0.4, -0.2) is 70.6 Å². The average molecular weight is 494 g/mol. The number of unbranched alkanes of at least 4 members (excludes halogenated alkanes) is 3. The quantitative estimate of drug-likeness (QED) is 0.129. The van der Waals surface area contributed by atoms with E-state index in [4.69, 9.17) is 4.74 Å². The molecule has 1 aromatic carbocycles. The van der Waals surface area contributed by atoms with Gasteiger partial charge in [0, 0.05) is 30.5 Å². The Kier molecular flexibility index (Phi) is 10.5. The highest BCUT2D eigenvalue weighted by Gasteiger charge is 2.19. The number of nitro benzene ring substituents is 1. The smallest absolute Gasteiger partial charge is 0.306 e. The molecular weight excluding hydrogens is 462 g/mol. The largest absolute Gasteiger partial charge is 0.466 e. The highest BCUT2D eigenvalue weighted by molar-refractivity contribution is 7.99. The first-order chi connectivity index (χ1) is 16.5. The zero-order valence-electron chi connectivity index (χ0n) is 19.2. The number of fused-ring (bicyclic) bond motifs is 1. The molecule has 0 unspecified atom stereocenters. The third kappa shape index (κ3) is 8.24. The van der Waals surface area contributed by atoms with Crippen molar-refractivity contribution in [3.63, 3.8) is 0 Å². The highest BCUT2D eigenvalue weighted by Crippen LogP contribution is 2.32. The molecule has 1 amide bonds. The number of non-ortho nitro benzene ring substituents is 1. The zero-order chi connectivity index (χ0) is 24.2. The minimum absolute atomic E-state index is 0.104. The van der Waals surface area contributed by atoms with Crippen LogP contribution < -0.4 is 5.32 Å². The lowest BCUT2D eigenvalue weighted by Crippen LogP contribution is -2.33. The lowest BCUT2D eigenvalue weighted by Gasteiger charge is -2.14. The minimum atomic E-state index is -0.501. The number of carbonyl (C=O) groups is 2.